The first kappa shape index (κ1) is 13.9. The maximum atomic E-state index is 11.6. The van der Waals surface area contributed by atoms with Gasteiger partial charge in [0.1, 0.15) is 5.75 Å². The molecule has 4 heteroatoms. The zero-order chi connectivity index (χ0) is 14.2. The van der Waals surface area contributed by atoms with E-state index in [0.29, 0.717) is 18.8 Å². The van der Waals surface area contributed by atoms with Gasteiger partial charge in [-0.3, -0.25) is 0 Å². The minimum absolute atomic E-state index is 0.433. The topological polar surface area (TPSA) is 41.6 Å². The van der Waals surface area contributed by atoms with Gasteiger partial charge >= 0.3 is 6.09 Å². The summed E-state index contributed by atoms with van der Waals surface area (Å²) in [7, 11) is 1.99. The molecule has 2 rings (SSSR count). The molecule has 104 valence electrons. The molecule has 0 unspecified atom stereocenters. The van der Waals surface area contributed by atoms with Gasteiger partial charge in [-0.25, -0.2) is 4.79 Å². The van der Waals surface area contributed by atoms with Crippen LogP contribution in [0.1, 0.15) is 0 Å². The van der Waals surface area contributed by atoms with Crippen LogP contribution in [0.15, 0.2) is 60.7 Å². The molecule has 0 spiro atoms. The van der Waals surface area contributed by atoms with Crippen molar-refractivity contribution in [1.29, 1.82) is 0 Å². The molecule has 0 heterocycles. The molecule has 1 N–H and O–H groups in total. The maximum Gasteiger partial charge on any atom is 0.412 e. The summed E-state index contributed by atoms with van der Waals surface area (Å²) in [6.07, 6.45) is -0.433. The lowest BCUT2D eigenvalue weighted by atomic mass is 10.3. The summed E-state index contributed by atoms with van der Waals surface area (Å²) < 4.78 is 5.13. The fourth-order valence-electron chi connectivity index (χ4n) is 1.77. The lowest BCUT2D eigenvalue weighted by Gasteiger charge is -2.19. The van der Waals surface area contributed by atoms with E-state index in [1.54, 1.807) is 12.1 Å². The molecule has 0 aliphatic heterocycles. The normalized spacial score (nSPS) is 9.85. The second kappa shape index (κ2) is 7.19. The van der Waals surface area contributed by atoms with E-state index in [9.17, 15) is 4.79 Å². The average Bonchev–Trinajstić information content (AvgIpc) is 2.49. The number of nitrogens with zero attached hydrogens (tertiary/aromatic N) is 1. The Balaban J connectivity index is 1.72. The number of hydrogen-bond donors (Lipinski definition) is 1. The second-order valence-corrected chi connectivity index (χ2v) is 4.39. The first-order valence-corrected chi connectivity index (χ1v) is 6.52. The van der Waals surface area contributed by atoms with Crippen LogP contribution in [0.5, 0.6) is 5.75 Å². The molecule has 0 fully saturated rings. The highest BCUT2D eigenvalue weighted by molar-refractivity contribution is 5.70. The van der Waals surface area contributed by atoms with Crippen LogP contribution in [-0.4, -0.2) is 26.2 Å². The first-order chi connectivity index (χ1) is 9.75. The van der Waals surface area contributed by atoms with Gasteiger partial charge in [0.25, 0.3) is 0 Å². The van der Waals surface area contributed by atoms with Gasteiger partial charge in [0.05, 0.1) is 0 Å². The molecular weight excluding hydrogens is 252 g/mol. The van der Waals surface area contributed by atoms with Gasteiger partial charge in [-0.15, -0.1) is 0 Å². The Morgan fingerprint density at radius 2 is 1.65 bits per heavy atom. The van der Waals surface area contributed by atoms with Gasteiger partial charge in [0.2, 0.25) is 0 Å². The van der Waals surface area contributed by atoms with Crippen molar-refractivity contribution < 1.29 is 9.53 Å². The van der Waals surface area contributed by atoms with Crippen LogP contribution in [-0.2, 0) is 0 Å². The number of carbonyl (C=O) groups excluding carboxylic acids is 1. The van der Waals surface area contributed by atoms with Crippen LogP contribution in [0.3, 0.4) is 0 Å². The molecule has 20 heavy (non-hydrogen) atoms. The van der Waals surface area contributed by atoms with Crippen LogP contribution >= 0.6 is 0 Å². The predicted molar refractivity (Wildman–Crippen MR) is 80.2 cm³/mol. The van der Waals surface area contributed by atoms with E-state index in [4.69, 9.17) is 4.74 Å². The molecule has 0 atom stereocenters. The van der Waals surface area contributed by atoms with Crippen molar-refractivity contribution in [3.05, 3.63) is 60.7 Å². The van der Waals surface area contributed by atoms with Crippen molar-refractivity contribution in [1.82, 2.24) is 5.32 Å². The minimum Gasteiger partial charge on any atom is -0.410 e. The average molecular weight is 270 g/mol. The number of likely N-dealkylation sites (N-methyl/N-ethyl adjacent to an activating group) is 1. The van der Waals surface area contributed by atoms with Crippen molar-refractivity contribution in [3.63, 3.8) is 0 Å². The third kappa shape index (κ3) is 4.31. The molecule has 4 nitrogen and oxygen atoms in total. The van der Waals surface area contributed by atoms with E-state index in [1.807, 2.05) is 55.6 Å². The van der Waals surface area contributed by atoms with Crippen LogP contribution in [0, 0.1) is 0 Å². The van der Waals surface area contributed by atoms with Crippen LogP contribution in [0.25, 0.3) is 0 Å². The number of amides is 1. The molecule has 0 radical (unpaired) electrons. The Labute approximate surface area is 119 Å². The second-order valence-electron chi connectivity index (χ2n) is 4.39. The highest BCUT2D eigenvalue weighted by Gasteiger charge is 2.04. The summed E-state index contributed by atoms with van der Waals surface area (Å²) in [5.41, 5.74) is 1.12. The summed E-state index contributed by atoms with van der Waals surface area (Å²) in [4.78, 5) is 13.7. The monoisotopic (exact) mass is 270 g/mol. The largest absolute Gasteiger partial charge is 0.412 e. The Morgan fingerprint density at radius 3 is 2.30 bits per heavy atom. The van der Waals surface area contributed by atoms with E-state index in [1.165, 1.54) is 0 Å². The molecular formula is C16H18N2O2. The third-order valence-electron chi connectivity index (χ3n) is 2.87. The molecule has 2 aromatic carbocycles. The van der Waals surface area contributed by atoms with Gasteiger partial charge in [-0.1, -0.05) is 36.4 Å². The van der Waals surface area contributed by atoms with E-state index in [-0.39, 0.29) is 0 Å². The zero-order valence-electron chi connectivity index (χ0n) is 11.5. The van der Waals surface area contributed by atoms with Gasteiger partial charge in [0, 0.05) is 25.8 Å². The maximum absolute atomic E-state index is 11.6. The molecule has 0 aliphatic rings. The zero-order valence-corrected chi connectivity index (χ0v) is 11.5. The fourth-order valence-corrected chi connectivity index (χ4v) is 1.77. The minimum atomic E-state index is -0.433. The number of nitrogens with one attached hydrogen (secondary N) is 1. The number of carbonyl (C=O) groups is 1. The Kier molecular flexibility index (Phi) is 5.00. The highest BCUT2D eigenvalue weighted by Crippen LogP contribution is 2.10. The van der Waals surface area contributed by atoms with Crippen molar-refractivity contribution in [3.8, 4) is 5.75 Å². The quantitative estimate of drug-likeness (QED) is 0.908. The molecule has 0 aliphatic carbocycles. The Bertz CT molecular complexity index is 529. The van der Waals surface area contributed by atoms with Gasteiger partial charge in [0.15, 0.2) is 0 Å². The summed E-state index contributed by atoms with van der Waals surface area (Å²) in [5.74, 6) is 0.543. The molecule has 1 amide bonds. The lowest BCUT2D eigenvalue weighted by molar-refractivity contribution is 0.201. The van der Waals surface area contributed by atoms with E-state index >= 15 is 0 Å². The molecule has 2 aromatic rings. The van der Waals surface area contributed by atoms with Crippen LogP contribution in [0.4, 0.5) is 10.5 Å². The van der Waals surface area contributed by atoms with Crippen LogP contribution in [0.2, 0.25) is 0 Å². The molecule has 0 saturated heterocycles. The number of benzene rings is 2. The van der Waals surface area contributed by atoms with Gasteiger partial charge in [-0.2, -0.15) is 0 Å². The standard InChI is InChI=1S/C16H18N2O2/c1-18(14-8-4-2-5-9-14)13-12-17-16(19)20-15-10-6-3-7-11-15/h2-11H,12-13H2,1H3,(H,17,19). The third-order valence-corrected chi connectivity index (χ3v) is 2.87. The molecule has 0 aromatic heterocycles. The van der Waals surface area contributed by atoms with Crippen LogP contribution < -0.4 is 15.0 Å². The van der Waals surface area contributed by atoms with Crippen molar-refractivity contribution >= 4 is 11.8 Å². The van der Waals surface area contributed by atoms with Crippen molar-refractivity contribution in [2.24, 2.45) is 0 Å². The first-order valence-electron chi connectivity index (χ1n) is 6.52. The van der Waals surface area contributed by atoms with Gasteiger partial charge < -0.3 is 15.0 Å². The summed E-state index contributed by atoms with van der Waals surface area (Å²) in [5, 5.41) is 2.73. The highest BCUT2D eigenvalue weighted by atomic mass is 16.6. The lowest BCUT2D eigenvalue weighted by Crippen LogP contribution is -2.34. The number of rotatable bonds is 5. The van der Waals surface area contributed by atoms with Gasteiger partial charge in [-0.05, 0) is 24.3 Å². The summed E-state index contributed by atoms with van der Waals surface area (Å²) >= 11 is 0. The number of ether oxygens (including phenoxy) is 1. The Morgan fingerprint density at radius 1 is 1.05 bits per heavy atom. The number of anilines is 1. The van der Waals surface area contributed by atoms with E-state index in [0.717, 1.165) is 5.69 Å². The van der Waals surface area contributed by atoms with Crippen molar-refractivity contribution in [2.45, 2.75) is 0 Å². The fraction of sp³-hybridized carbons (Fsp3) is 0.188. The number of para-hydroxylation sites is 2. The number of hydrogen-bond acceptors (Lipinski definition) is 3. The Hall–Kier alpha value is -2.49. The molecule has 0 bridgehead atoms. The van der Waals surface area contributed by atoms with E-state index < -0.39 is 6.09 Å². The van der Waals surface area contributed by atoms with Crippen molar-refractivity contribution in [2.75, 3.05) is 25.0 Å². The smallest absolute Gasteiger partial charge is 0.410 e. The summed E-state index contributed by atoms with van der Waals surface area (Å²) in [6, 6.07) is 19.0. The molecule has 0 saturated carbocycles. The summed E-state index contributed by atoms with van der Waals surface area (Å²) in [6.45, 7) is 1.24. The predicted octanol–water partition coefficient (Wildman–Crippen LogP) is 2.91. The SMILES string of the molecule is CN(CCNC(=O)Oc1ccccc1)c1ccccc1. The van der Waals surface area contributed by atoms with E-state index in [2.05, 4.69) is 10.2 Å².